The number of nitrogens with zero attached hydrogens (tertiary/aromatic N) is 4. The molecule has 0 aliphatic carbocycles. The summed E-state index contributed by atoms with van der Waals surface area (Å²) in [6.07, 6.45) is 4.82. The summed E-state index contributed by atoms with van der Waals surface area (Å²) in [6.45, 7) is 1.48. The van der Waals surface area contributed by atoms with Crippen LogP contribution in [0.4, 0.5) is 0 Å². The topological polar surface area (TPSA) is 76.4 Å². The first-order chi connectivity index (χ1) is 11.7. The predicted molar refractivity (Wildman–Crippen MR) is 95.1 cm³/mol. The molecular weight excluding hydrogens is 304 g/mol. The second-order valence-electron chi connectivity index (χ2n) is 5.46. The van der Waals surface area contributed by atoms with Gasteiger partial charge in [0.15, 0.2) is 5.96 Å². The van der Waals surface area contributed by atoms with Crippen LogP contribution >= 0.6 is 0 Å². The van der Waals surface area contributed by atoms with Gasteiger partial charge in [-0.3, -0.25) is 9.67 Å². The molecule has 7 heteroatoms. The van der Waals surface area contributed by atoms with Crippen molar-refractivity contribution < 1.29 is 4.74 Å². The van der Waals surface area contributed by atoms with Gasteiger partial charge in [0.05, 0.1) is 13.7 Å². The minimum Gasteiger partial charge on any atom is -0.497 e. The molecule has 0 aliphatic heterocycles. The fraction of sp³-hybridized carbons (Fsp3) is 0.471. The van der Waals surface area contributed by atoms with E-state index < -0.39 is 0 Å². The van der Waals surface area contributed by atoms with E-state index in [0.717, 1.165) is 43.3 Å². The number of benzene rings is 1. The van der Waals surface area contributed by atoms with E-state index in [2.05, 4.69) is 37.8 Å². The first-order valence-corrected chi connectivity index (χ1v) is 8.13. The molecular formula is C17H26N6O. The predicted octanol–water partition coefficient (Wildman–Crippen LogP) is 1.51. The molecule has 0 bridgehead atoms. The molecule has 2 rings (SSSR count). The van der Waals surface area contributed by atoms with Crippen LogP contribution in [-0.4, -0.2) is 41.4 Å². The summed E-state index contributed by atoms with van der Waals surface area (Å²) < 4.78 is 6.91. The molecule has 24 heavy (non-hydrogen) atoms. The molecule has 1 heterocycles. The van der Waals surface area contributed by atoms with Crippen molar-refractivity contribution in [2.24, 2.45) is 12.0 Å². The lowest BCUT2D eigenvalue weighted by Crippen LogP contribution is -2.37. The first-order valence-electron chi connectivity index (χ1n) is 8.13. The monoisotopic (exact) mass is 330 g/mol. The molecule has 0 saturated carbocycles. The van der Waals surface area contributed by atoms with Crippen LogP contribution in [0, 0.1) is 0 Å². The second-order valence-corrected chi connectivity index (χ2v) is 5.46. The van der Waals surface area contributed by atoms with Crippen LogP contribution in [-0.2, 0) is 20.0 Å². The number of rotatable bonds is 8. The van der Waals surface area contributed by atoms with Gasteiger partial charge >= 0.3 is 0 Å². The Morgan fingerprint density at radius 2 is 2.00 bits per heavy atom. The zero-order chi connectivity index (χ0) is 17.2. The molecule has 1 aromatic carbocycles. The maximum Gasteiger partial charge on any atom is 0.191 e. The third-order valence-electron chi connectivity index (χ3n) is 3.79. The standard InChI is InChI=1S/C17H26N6O/c1-18-17(20-12-16-21-13-22-23(16)2)19-11-5-4-6-14-7-9-15(24-3)10-8-14/h7-10,13H,4-6,11-12H2,1-3H3,(H2,18,19,20). The molecule has 1 aromatic heterocycles. The van der Waals surface area contributed by atoms with E-state index in [9.17, 15) is 0 Å². The summed E-state index contributed by atoms with van der Waals surface area (Å²) >= 11 is 0. The van der Waals surface area contributed by atoms with Crippen molar-refractivity contribution in [2.75, 3.05) is 20.7 Å². The van der Waals surface area contributed by atoms with Crippen LogP contribution in [0.5, 0.6) is 5.75 Å². The van der Waals surface area contributed by atoms with Gasteiger partial charge in [-0.25, -0.2) is 4.98 Å². The molecule has 0 atom stereocenters. The molecule has 0 aliphatic rings. The summed E-state index contributed by atoms with van der Waals surface area (Å²) in [6, 6.07) is 8.25. The molecule has 2 aromatic rings. The third kappa shape index (κ3) is 5.57. The number of hydrogen-bond acceptors (Lipinski definition) is 4. The van der Waals surface area contributed by atoms with Gasteiger partial charge in [-0.05, 0) is 37.0 Å². The minimum atomic E-state index is 0.599. The van der Waals surface area contributed by atoms with Gasteiger partial charge in [-0.15, -0.1) is 0 Å². The van der Waals surface area contributed by atoms with E-state index in [-0.39, 0.29) is 0 Å². The smallest absolute Gasteiger partial charge is 0.191 e. The summed E-state index contributed by atoms with van der Waals surface area (Å²) in [5.74, 6) is 2.55. The van der Waals surface area contributed by atoms with E-state index in [0.29, 0.717) is 6.54 Å². The van der Waals surface area contributed by atoms with Crippen molar-refractivity contribution in [2.45, 2.75) is 25.8 Å². The van der Waals surface area contributed by atoms with Crippen LogP contribution < -0.4 is 15.4 Å². The molecule has 0 amide bonds. The number of ether oxygens (including phenoxy) is 1. The summed E-state index contributed by atoms with van der Waals surface area (Å²) in [4.78, 5) is 8.39. The third-order valence-corrected chi connectivity index (χ3v) is 3.79. The minimum absolute atomic E-state index is 0.599. The number of aryl methyl sites for hydroxylation is 2. The Balaban J connectivity index is 1.62. The summed E-state index contributed by atoms with van der Waals surface area (Å²) in [5.41, 5.74) is 1.33. The fourth-order valence-corrected chi connectivity index (χ4v) is 2.32. The van der Waals surface area contributed by atoms with Crippen molar-refractivity contribution in [1.29, 1.82) is 0 Å². The molecule has 0 spiro atoms. The number of aromatic nitrogens is 3. The van der Waals surface area contributed by atoms with Crippen LogP contribution in [0.15, 0.2) is 35.6 Å². The van der Waals surface area contributed by atoms with Gasteiger partial charge in [-0.2, -0.15) is 5.10 Å². The fourth-order valence-electron chi connectivity index (χ4n) is 2.32. The van der Waals surface area contributed by atoms with Gasteiger partial charge in [0.2, 0.25) is 0 Å². The summed E-state index contributed by atoms with van der Waals surface area (Å²) in [5, 5.41) is 10.6. The highest BCUT2D eigenvalue weighted by molar-refractivity contribution is 5.79. The van der Waals surface area contributed by atoms with Gasteiger partial charge < -0.3 is 15.4 Å². The van der Waals surface area contributed by atoms with Crippen molar-refractivity contribution >= 4 is 5.96 Å². The van der Waals surface area contributed by atoms with Gasteiger partial charge in [0.1, 0.15) is 17.9 Å². The maximum absolute atomic E-state index is 5.17. The van der Waals surface area contributed by atoms with Gasteiger partial charge in [-0.1, -0.05) is 12.1 Å². The van der Waals surface area contributed by atoms with Gasteiger partial charge in [0, 0.05) is 20.6 Å². The highest BCUT2D eigenvalue weighted by Gasteiger charge is 2.02. The van der Waals surface area contributed by atoms with E-state index in [1.165, 1.54) is 5.56 Å². The van der Waals surface area contributed by atoms with E-state index in [1.807, 2.05) is 19.2 Å². The first kappa shape index (κ1) is 17.8. The van der Waals surface area contributed by atoms with Crippen LogP contribution in [0.25, 0.3) is 0 Å². The lowest BCUT2D eigenvalue weighted by Gasteiger charge is -2.11. The lowest BCUT2D eigenvalue weighted by atomic mass is 10.1. The van der Waals surface area contributed by atoms with Crippen LogP contribution in [0.2, 0.25) is 0 Å². The molecule has 0 fully saturated rings. The van der Waals surface area contributed by atoms with E-state index in [4.69, 9.17) is 4.74 Å². The molecule has 0 unspecified atom stereocenters. The van der Waals surface area contributed by atoms with Gasteiger partial charge in [0.25, 0.3) is 0 Å². The molecule has 0 saturated heterocycles. The van der Waals surface area contributed by atoms with E-state index >= 15 is 0 Å². The molecule has 2 N–H and O–H groups in total. The average Bonchev–Trinajstić information content (AvgIpc) is 3.03. The molecule has 7 nitrogen and oxygen atoms in total. The Hall–Kier alpha value is -2.57. The number of guanidine groups is 1. The van der Waals surface area contributed by atoms with Crippen molar-refractivity contribution in [3.63, 3.8) is 0 Å². The maximum atomic E-state index is 5.17. The highest BCUT2D eigenvalue weighted by atomic mass is 16.5. The van der Waals surface area contributed by atoms with Crippen LogP contribution in [0.1, 0.15) is 24.2 Å². The second kappa shape index (κ2) is 9.54. The Morgan fingerprint density at radius 3 is 2.62 bits per heavy atom. The Morgan fingerprint density at radius 1 is 1.21 bits per heavy atom. The molecule has 130 valence electrons. The SMILES string of the molecule is CN=C(NCCCCc1ccc(OC)cc1)NCc1ncnn1C. The lowest BCUT2D eigenvalue weighted by molar-refractivity contribution is 0.414. The Kier molecular flexibility index (Phi) is 7.07. The van der Waals surface area contributed by atoms with Crippen molar-refractivity contribution in [3.05, 3.63) is 42.0 Å². The average molecular weight is 330 g/mol. The largest absolute Gasteiger partial charge is 0.497 e. The number of methoxy groups -OCH3 is 1. The zero-order valence-electron chi connectivity index (χ0n) is 14.6. The number of unbranched alkanes of at least 4 members (excludes halogenated alkanes) is 1. The number of nitrogens with one attached hydrogen (secondary N) is 2. The normalized spacial score (nSPS) is 11.4. The Labute approximate surface area is 143 Å². The number of hydrogen-bond donors (Lipinski definition) is 2. The van der Waals surface area contributed by atoms with Crippen molar-refractivity contribution in [1.82, 2.24) is 25.4 Å². The number of aliphatic imine (C=N–C) groups is 1. The van der Waals surface area contributed by atoms with E-state index in [1.54, 1.807) is 25.2 Å². The summed E-state index contributed by atoms with van der Waals surface area (Å²) in [7, 11) is 5.33. The zero-order valence-corrected chi connectivity index (χ0v) is 14.6. The van der Waals surface area contributed by atoms with Crippen LogP contribution in [0.3, 0.4) is 0 Å². The Bertz CT molecular complexity index is 635. The highest BCUT2D eigenvalue weighted by Crippen LogP contribution is 2.12. The molecule has 0 radical (unpaired) electrons. The quantitative estimate of drug-likeness (QED) is 0.436. The van der Waals surface area contributed by atoms with Crippen molar-refractivity contribution in [3.8, 4) is 5.75 Å².